The summed E-state index contributed by atoms with van der Waals surface area (Å²) in [5.41, 5.74) is 5.65. The van der Waals surface area contributed by atoms with Crippen LogP contribution in [0.3, 0.4) is 0 Å². The molecule has 100 valence electrons. The minimum absolute atomic E-state index is 0.114. The second kappa shape index (κ2) is 5.97. The zero-order valence-electron chi connectivity index (χ0n) is 10.8. The van der Waals surface area contributed by atoms with Crippen LogP contribution in [0.25, 0.3) is 0 Å². The van der Waals surface area contributed by atoms with Crippen molar-refractivity contribution < 1.29 is 0 Å². The third kappa shape index (κ3) is 2.70. The summed E-state index contributed by atoms with van der Waals surface area (Å²) in [7, 11) is 0. The molecule has 0 amide bonds. The second-order valence-corrected chi connectivity index (χ2v) is 4.56. The number of nitrogens with one attached hydrogen (secondary N) is 1. The molecule has 1 aromatic heterocycles. The Morgan fingerprint density at radius 1 is 1.44 bits per heavy atom. The van der Waals surface area contributed by atoms with Gasteiger partial charge in [-0.1, -0.05) is 6.92 Å². The molecule has 1 unspecified atom stereocenters. The number of aromatic nitrogens is 2. The predicted octanol–water partition coefficient (Wildman–Crippen LogP) is -0.371. The first kappa shape index (κ1) is 13.0. The Balaban J connectivity index is 1.99. The number of piperazine rings is 1. The number of hydrogen-bond donors (Lipinski definition) is 2. The lowest BCUT2D eigenvalue weighted by Crippen LogP contribution is -2.53. The fraction of sp³-hybridized carbons (Fsp3) is 0.667. The Kier molecular flexibility index (Phi) is 4.33. The summed E-state index contributed by atoms with van der Waals surface area (Å²) in [6.07, 6.45) is 4.25. The molecule has 3 N–H and O–H groups in total. The van der Waals surface area contributed by atoms with Gasteiger partial charge in [-0.2, -0.15) is 0 Å². The fourth-order valence-electron chi connectivity index (χ4n) is 2.44. The van der Waals surface area contributed by atoms with Crippen LogP contribution in [0.2, 0.25) is 0 Å². The smallest absolute Gasteiger partial charge is 0.290 e. The Bertz CT molecular complexity index is 420. The maximum Gasteiger partial charge on any atom is 0.290 e. The SMILES string of the molecule is CCC(CN)N1CCN(c2ncc[nH]c2=O)CC1. The highest BCUT2D eigenvalue weighted by Gasteiger charge is 2.23. The molecule has 2 rings (SSSR count). The first-order valence-electron chi connectivity index (χ1n) is 6.49. The van der Waals surface area contributed by atoms with Gasteiger partial charge in [0.05, 0.1) is 0 Å². The van der Waals surface area contributed by atoms with E-state index in [1.165, 1.54) is 0 Å². The van der Waals surface area contributed by atoms with Crippen LogP contribution in [0.4, 0.5) is 5.82 Å². The molecule has 0 saturated carbocycles. The molecule has 0 aliphatic carbocycles. The molecule has 18 heavy (non-hydrogen) atoms. The number of hydrogen-bond acceptors (Lipinski definition) is 5. The highest BCUT2D eigenvalue weighted by Crippen LogP contribution is 2.11. The van der Waals surface area contributed by atoms with Gasteiger partial charge < -0.3 is 15.6 Å². The second-order valence-electron chi connectivity index (χ2n) is 4.56. The van der Waals surface area contributed by atoms with Crippen LogP contribution in [-0.2, 0) is 0 Å². The summed E-state index contributed by atoms with van der Waals surface area (Å²) >= 11 is 0. The largest absolute Gasteiger partial charge is 0.349 e. The molecule has 1 atom stereocenters. The maximum atomic E-state index is 11.7. The molecular weight excluding hydrogens is 230 g/mol. The van der Waals surface area contributed by atoms with Gasteiger partial charge >= 0.3 is 0 Å². The number of aromatic amines is 1. The summed E-state index contributed by atoms with van der Waals surface area (Å²) in [4.78, 5) is 22.9. The van der Waals surface area contributed by atoms with E-state index in [1.807, 2.05) is 4.90 Å². The quantitative estimate of drug-likeness (QED) is 0.763. The van der Waals surface area contributed by atoms with E-state index < -0.39 is 0 Å². The number of anilines is 1. The number of nitrogens with zero attached hydrogens (tertiary/aromatic N) is 3. The van der Waals surface area contributed by atoms with Gasteiger partial charge in [-0.05, 0) is 6.42 Å². The van der Waals surface area contributed by atoms with E-state index in [1.54, 1.807) is 12.4 Å². The molecule has 0 aromatic carbocycles. The average Bonchev–Trinajstić information content (AvgIpc) is 2.42. The molecule has 1 aromatic rings. The first-order chi connectivity index (χ1) is 8.76. The highest BCUT2D eigenvalue weighted by molar-refractivity contribution is 5.35. The highest BCUT2D eigenvalue weighted by atomic mass is 16.1. The summed E-state index contributed by atoms with van der Waals surface area (Å²) in [6, 6.07) is 0.453. The van der Waals surface area contributed by atoms with Crippen molar-refractivity contribution in [3.8, 4) is 0 Å². The minimum atomic E-state index is -0.114. The number of nitrogens with two attached hydrogens (primary N) is 1. The Morgan fingerprint density at radius 3 is 2.72 bits per heavy atom. The molecule has 1 aliphatic rings. The van der Waals surface area contributed by atoms with Gasteiger partial charge in [-0.15, -0.1) is 0 Å². The van der Waals surface area contributed by atoms with E-state index in [-0.39, 0.29) is 5.56 Å². The summed E-state index contributed by atoms with van der Waals surface area (Å²) in [5, 5.41) is 0. The summed E-state index contributed by atoms with van der Waals surface area (Å²) in [6.45, 7) is 6.39. The van der Waals surface area contributed by atoms with Crippen LogP contribution >= 0.6 is 0 Å². The van der Waals surface area contributed by atoms with Crippen LogP contribution in [0.15, 0.2) is 17.2 Å². The van der Waals surface area contributed by atoms with Crippen LogP contribution < -0.4 is 16.2 Å². The Hall–Kier alpha value is -1.40. The molecule has 0 radical (unpaired) electrons. The van der Waals surface area contributed by atoms with Crippen molar-refractivity contribution in [1.82, 2.24) is 14.9 Å². The molecule has 0 bridgehead atoms. The van der Waals surface area contributed by atoms with Crippen molar-refractivity contribution in [1.29, 1.82) is 0 Å². The number of H-pyrrole nitrogens is 1. The number of rotatable bonds is 4. The predicted molar refractivity (Wildman–Crippen MR) is 71.8 cm³/mol. The fourth-order valence-corrected chi connectivity index (χ4v) is 2.44. The van der Waals surface area contributed by atoms with E-state index in [4.69, 9.17) is 5.73 Å². The van der Waals surface area contributed by atoms with E-state index in [0.29, 0.717) is 18.4 Å². The van der Waals surface area contributed by atoms with E-state index in [0.717, 1.165) is 32.6 Å². The topological polar surface area (TPSA) is 78.2 Å². The van der Waals surface area contributed by atoms with Crippen molar-refractivity contribution >= 4 is 5.82 Å². The third-order valence-electron chi connectivity index (χ3n) is 3.56. The minimum Gasteiger partial charge on any atom is -0.349 e. The maximum absolute atomic E-state index is 11.7. The van der Waals surface area contributed by atoms with Crippen molar-refractivity contribution in [3.05, 3.63) is 22.7 Å². The molecule has 1 fully saturated rings. The molecule has 6 heteroatoms. The standard InChI is InChI=1S/C12H21N5O/c1-2-10(9-13)16-5-7-17(8-6-16)11-12(18)15-4-3-14-11/h3-4,10H,2,5-9,13H2,1H3,(H,15,18). The molecule has 2 heterocycles. The van der Waals surface area contributed by atoms with Gasteiger partial charge in [0, 0.05) is 51.2 Å². The molecule has 0 spiro atoms. The lowest BCUT2D eigenvalue weighted by Gasteiger charge is -2.38. The van der Waals surface area contributed by atoms with Crippen molar-refractivity contribution in [3.63, 3.8) is 0 Å². The zero-order valence-corrected chi connectivity index (χ0v) is 10.8. The van der Waals surface area contributed by atoms with Crippen molar-refractivity contribution in [2.24, 2.45) is 5.73 Å². The van der Waals surface area contributed by atoms with E-state index in [9.17, 15) is 4.79 Å². The van der Waals surface area contributed by atoms with Gasteiger partial charge in [-0.25, -0.2) is 4.98 Å². The third-order valence-corrected chi connectivity index (χ3v) is 3.56. The molecule has 6 nitrogen and oxygen atoms in total. The van der Waals surface area contributed by atoms with Crippen LogP contribution in [-0.4, -0.2) is 53.6 Å². The van der Waals surface area contributed by atoms with Crippen LogP contribution in [0, 0.1) is 0 Å². The summed E-state index contributed by atoms with van der Waals surface area (Å²) in [5.74, 6) is 0.526. The monoisotopic (exact) mass is 251 g/mol. The van der Waals surface area contributed by atoms with Crippen molar-refractivity contribution in [2.45, 2.75) is 19.4 Å². The van der Waals surface area contributed by atoms with Crippen molar-refractivity contribution in [2.75, 3.05) is 37.6 Å². The first-order valence-corrected chi connectivity index (χ1v) is 6.49. The lowest BCUT2D eigenvalue weighted by atomic mass is 10.1. The van der Waals surface area contributed by atoms with Crippen LogP contribution in [0.5, 0.6) is 0 Å². The van der Waals surface area contributed by atoms with Crippen LogP contribution in [0.1, 0.15) is 13.3 Å². The molecule has 1 aliphatic heterocycles. The Labute approximate surface area is 107 Å². The average molecular weight is 251 g/mol. The Morgan fingerprint density at radius 2 is 2.17 bits per heavy atom. The van der Waals surface area contributed by atoms with E-state index in [2.05, 4.69) is 21.8 Å². The van der Waals surface area contributed by atoms with Gasteiger partial charge in [-0.3, -0.25) is 9.69 Å². The van der Waals surface area contributed by atoms with Gasteiger partial charge in [0.25, 0.3) is 5.56 Å². The normalized spacial score (nSPS) is 18.9. The zero-order chi connectivity index (χ0) is 13.0. The van der Waals surface area contributed by atoms with Gasteiger partial charge in [0.15, 0.2) is 5.82 Å². The summed E-state index contributed by atoms with van der Waals surface area (Å²) < 4.78 is 0. The molecule has 1 saturated heterocycles. The van der Waals surface area contributed by atoms with E-state index >= 15 is 0 Å². The molecular formula is C12H21N5O. The van der Waals surface area contributed by atoms with Gasteiger partial charge in [0.1, 0.15) is 0 Å². The van der Waals surface area contributed by atoms with Gasteiger partial charge in [0.2, 0.25) is 0 Å². The lowest BCUT2D eigenvalue weighted by molar-refractivity contribution is 0.184.